The Kier molecular flexibility index (Phi) is 26.1. The molecule has 4 atom stereocenters. The van der Waals surface area contributed by atoms with Crippen molar-refractivity contribution in [3.63, 3.8) is 0 Å². The standard InChI is InChI=1S/C108H96N8O16/c1-5-45-129-93-69-53-71-59-78(110-98(118)90(50-66-31-15-10-16-32-66)114-103(123)83-39-23-24-40-84(83)104(114)124)61-73(94(71)130-46-6-2)55-75-63-80(112-100(120)92(52-68-35-19-12-20-36-68)116-107(127)87-43-27-28-44-88(87)108(116)128)64-76(96(75)132-48-8-4)56-74-62-79(111-99(119)91(51-67-33-17-11-18-34-67)115-105(125)85-41-25-26-42-86(85)106(115)126)60-72(95(74)131-47-7-3)54-70(93)58-77(57-69)109-97(117)89(49-65-29-13-9-14-30-65)113-101(121)81-37-21-22-38-82(81)102(113)122/h9-44,57-64,89-92H,5-8,45-56H2,1-4H3,(H,109,117)(H,110,118)(H,111,119)(H,112,120)/t89-,90-,91-,92-/m0/s1. The van der Waals surface area contributed by atoms with Crippen LogP contribution < -0.4 is 40.2 Å². The Morgan fingerprint density at radius 2 is 0.394 bits per heavy atom. The first-order valence-corrected chi connectivity index (χ1v) is 44.7. The maximum Gasteiger partial charge on any atom is 0.262 e. The summed E-state index contributed by atoms with van der Waals surface area (Å²) in [5.74, 6) is -6.93. The number of carbonyl (C=O) groups is 12. The Morgan fingerprint density at radius 3 is 0.545 bits per heavy atom. The van der Waals surface area contributed by atoms with Crippen LogP contribution in [0.3, 0.4) is 0 Å². The van der Waals surface area contributed by atoms with Gasteiger partial charge in [0.15, 0.2) is 0 Å². The van der Waals surface area contributed by atoms with E-state index in [1.54, 1.807) is 243 Å². The van der Waals surface area contributed by atoms with Gasteiger partial charge >= 0.3 is 0 Å². The zero-order valence-electron chi connectivity index (χ0n) is 73.3. The number of carbonyl (C=O) groups excluding carboxylic acids is 12. The number of nitrogens with one attached hydrogen (secondary N) is 4. The molecule has 1 aliphatic carbocycles. The lowest BCUT2D eigenvalue weighted by Gasteiger charge is -2.28. The number of anilines is 4. The number of benzene rings is 12. The van der Waals surface area contributed by atoms with Gasteiger partial charge in [0.25, 0.3) is 47.3 Å². The molecule has 0 radical (unpaired) electrons. The molecule has 0 aromatic heterocycles. The highest BCUT2D eigenvalue weighted by atomic mass is 16.5. The van der Waals surface area contributed by atoms with Gasteiger partial charge in [-0.05, 0) is 145 Å². The van der Waals surface area contributed by atoms with Crippen LogP contribution in [0.5, 0.6) is 23.0 Å². The van der Waals surface area contributed by atoms with Crippen molar-refractivity contribution >= 4 is 93.6 Å². The maximum atomic E-state index is 16.1. The van der Waals surface area contributed by atoms with Gasteiger partial charge in [-0.15, -0.1) is 0 Å². The molecule has 12 aromatic carbocycles. The van der Waals surface area contributed by atoms with E-state index >= 15 is 19.2 Å². The van der Waals surface area contributed by atoms with E-state index in [0.717, 1.165) is 19.6 Å². The molecule has 0 unspecified atom stereocenters. The van der Waals surface area contributed by atoms with Crippen molar-refractivity contribution in [3.05, 3.63) is 378 Å². The van der Waals surface area contributed by atoms with Gasteiger partial charge in [-0.1, -0.05) is 198 Å². The van der Waals surface area contributed by atoms with Crippen LogP contribution in [0.15, 0.2) is 267 Å². The molecule has 24 nitrogen and oxygen atoms in total. The van der Waals surface area contributed by atoms with Crippen LogP contribution in [0.25, 0.3) is 0 Å². The SMILES string of the molecule is CCCOc1c2cc(NC(=O)[C@H](Cc3ccccc3)N3C(=O)c4ccccc4C3=O)cc1Cc1cc(NC(=O)[C@H](Cc3ccccc3)N3C(=O)c4ccccc4C3=O)cc(c1OCCC)Cc1cc(NC(=O)[C@H](Cc3ccccc3)N3C(=O)c4ccccc4C3=O)cc(c1OCCC)Cc1cc(NC(=O)[C@H](Cc3ccccc3)N3C(=O)c4ccccc4C3=O)cc(c1OCCC)C2. The molecule has 12 aromatic rings. The quantitative estimate of drug-likeness (QED) is 0.0285. The molecular formula is C108H96N8O16. The maximum absolute atomic E-state index is 16.1. The molecule has 0 saturated carbocycles. The summed E-state index contributed by atoms with van der Waals surface area (Å²) in [6, 6.07) is 69.9. The van der Waals surface area contributed by atoms with Gasteiger partial charge in [0.2, 0.25) is 23.6 Å². The lowest BCUT2D eigenvalue weighted by Crippen LogP contribution is -2.48. The second-order valence-corrected chi connectivity index (χ2v) is 33.5. The molecule has 24 heteroatoms. The normalized spacial score (nSPS) is 14.5. The molecule has 5 aliphatic rings. The number of rotatable bonds is 32. The van der Waals surface area contributed by atoms with Crippen LogP contribution in [0.1, 0.15) is 203 Å². The highest BCUT2D eigenvalue weighted by Gasteiger charge is 2.48. The lowest BCUT2D eigenvalue weighted by molar-refractivity contribution is -0.120. The predicted octanol–water partition coefficient (Wildman–Crippen LogP) is 16.9. The summed E-state index contributed by atoms with van der Waals surface area (Å²) in [5.41, 5.74) is 7.78. The van der Waals surface area contributed by atoms with Gasteiger partial charge in [-0.2, -0.15) is 0 Å². The number of hydrogen-bond donors (Lipinski definition) is 4. The van der Waals surface area contributed by atoms with Crippen LogP contribution >= 0.6 is 0 Å². The van der Waals surface area contributed by atoms with E-state index in [1.807, 2.05) is 52.0 Å². The number of hydrogen-bond acceptors (Lipinski definition) is 16. The third-order valence-electron chi connectivity index (χ3n) is 24.2. The molecule has 0 saturated heterocycles. The average Bonchev–Trinajstić information content (AvgIpc) is 1.75. The smallest absolute Gasteiger partial charge is 0.262 e. The molecule has 664 valence electrons. The van der Waals surface area contributed by atoms with Crippen molar-refractivity contribution in [1.29, 1.82) is 0 Å². The van der Waals surface area contributed by atoms with E-state index in [9.17, 15) is 38.4 Å². The van der Waals surface area contributed by atoms with E-state index in [1.165, 1.54) is 0 Å². The van der Waals surface area contributed by atoms with E-state index < -0.39 is 95.1 Å². The summed E-state index contributed by atoms with van der Waals surface area (Å²) in [6.45, 7) is 8.32. The number of imide groups is 4. The van der Waals surface area contributed by atoms with Crippen LogP contribution in [0.4, 0.5) is 22.7 Å². The van der Waals surface area contributed by atoms with Gasteiger partial charge in [-0.25, -0.2) is 0 Å². The number of ether oxygens (including phenoxy) is 4. The van der Waals surface area contributed by atoms with Crippen LogP contribution in [0.2, 0.25) is 0 Å². The Labute approximate surface area is 763 Å². The number of nitrogens with zero attached hydrogens (tertiary/aromatic N) is 4. The van der Waals surface area contributed by atoms with Crippen molar-refractivity contribution in [2.45, 2.75) is 129 Å². The largest absolute Gasteiger partial charge is 0.493 e. The monoisotopic (exact) mass is 1760 g/mol. The van der Waals surface area contributed by atoms with Gasteiger partial charge in [0.05, 0.1) is 70.9 Å². The fourth-order valence-corrected chi connectivity index (χ4v) is 18.2. The number of amides is 12. The Bertz CT molecular complexity index is 5560. The molecule has 12 amide bonds. The summed E-state index contributed by atoms with van der Waals surface area (Å²) in [4.78, 5) is 187. The first-order chi connectivity index (χ1) is 64.3. The van der Waals surface area contributed by atoms with Crippen LogP contribution in [-0.4, -0.2) is 141 Å². The minimum atomic E-state index is -1.44. The van der Waals surface area contributed by atoms with E-state index in [4.69, 9.17) is 18.9 Å². The first-order valence-electron chi connectivity index (χ1n) is 44.7. The molecule has 0 spiro atoms. The predicted molar refractivity (Wildman–Crippen MR) is 498 cm³/mol. The van der Waals surface area contributed by atoms with Gasteiger partial charge in [0.1, 0.15) is 47.2 Å². The van der Waals surface area contributed by atoms with Crippen molar-refractivity contribution in [3.8, 4) is 23.0 Å². The molecular weight excluding hydrogens is 1670 g/mol. The highest BCUT2D eigenvalue weighted by Crippen LogP contribution is 2.45. The number of fused-ring (bicyclic) bond motifs is 12. The molecule has 17 rings (SSSR count). The fraction of sp³-hybridized carbons (Fsp3) is 0.222. The van der Waals surface area contributed by atoms with E-state index in [-0.39, 0.29) is 145 Å². The van der Waals surface area contributed by atoms with E-state index in [2.05, 4.69) is 21.3 Å². The van der Waals surface area contributed by atoms with Crippen LogP contribution in [-0.2, 0) is 70.5 Å². The molecule has 4 N–H and O–H groups in total. The zero-order valence-corrected chi connectivity index (χ0v) is 73.3. The average molecular weight is 1760 g/mol. The third-order valence-corrected chi connectivity index (χ3v) is 24.2. The summed E-state index contributed by atoms with van der Waals surface area (Å²) in [7, 11) is 0. The Morgan fingerprint density at radius 1 is 0.242 bits per heavy atom. The molecule has 8 bridgehead atoms. The van der Waals surface area contributed by atoms with Gasteiger partial charge < -0.3 is 40.2 Å². The third kappa shape index (κ3) is 18.1. The topological polar surface area (TPSA) is 303 Å². The fourth-order valence-electron chi connectivity index (χ4n) is 18.2. The molecule has 0 fully saturated rings. The van der Waals surface area contributed by atoms with Crippen molar-refractivity contribution in [1.82, 2.24) is 19.6 Å². The molecule has 4 aliphatic heterocycles. The summed E-state index contributed by atoms with van der Waals surface area (Å²) in [6.07, 6.45) is 1.01. The second kappa shape index (κ2) is 39.1. The summed E-state index contributed by atoms with van der Waals surface area (Å²) < 4.78 is 28.5. The first kappa shape index (κ1) is 88.3. The summed E-state index contributed by atoms with van der Waals surface area (Å²) in [5, 5.41) is 12.8. The highest BCUT2D eigenvalue weighted by molar-refractivity contribution is 6.26. The second-order valence-electron chi connectivity index (χ2n) is 33.5. The Hall–Kier alpha value is -15.7. The van der Waals surface area contributed by atoms with Crippen molar-refractivity contribution in [2.75, 3.05) is 47.7 Å². The van der Waals surface area contributed by atoms with Crippen molar-refractivity contribution < 1.29 is 76.5 Å². The lowest BCUT2D eigenvalue weighted by atomic mass is 9.89. The van der Waals surface area contributed by atoms with Gasteiger partial charge in [-0.3, -0.25) is 77.1 Å². The zero-order chi connectivity index (χ0) is 91.8. The van der Waals surface area contributed by atoms with Gasteiger partial charge in [0, 0.05) is 119 Å². The minimum absolute atomic E-state index is 0.0986. The molecule has 4 heterocycles. The molecule has 132 heavy (non-hydrogen) atoms. The Balaban J connectivity index is 0.893. The van der Waals surface area contributed by atoms with Crippen molar-refractivity contribution in [2.24, 2.45) is 0 Å². The summed E-state index contributed by atoms with van der Waals surface area (Å²) >= 11 is 0. The van der Waals surface area contributed by atoms with Crippen LogP contribution in [0, 0.1) is 0 Å². The van der Waals surface area contributed by atoms with E-state index in [0.29, 0.717) is 115 Å². The minimum Gasteiger partial charge on any atom is -0.493 e.